The summed E-state index contributed by atoms with van der Waals surface area (Å²) in [7, 11) is 0. The minimum absolute atomic E-state index is 0.173. The number of nitrogens with two attached hydrogens (primary N) is 1. The van der Waals surface area contributed by atoms with Gasteiger partial charge in [0, 0.05) is 11.8 Å². The number of rotatable bonds is 5. The quantitative estimate of drug-likeness (QED) is 0.752. The third-order valence-corrected chi connectivity index (χ3v) is 1.76. The van der Waals surface area contributed by atoms with Crippen molar-refractivity contribution in [2.75, 3.05) is 18.5 Å². The van der Waals surface area contributed by atoms with Gasteiger partial charge in [0.1, 0.15) is 5.75 Å². The highest BCUT2D eigenvalue weighted by Gasteiger charge is 2.04. The molecule has 2 amide bonds. The molecule has 92 valence electrons. The van der Waals surface area contributed by atoms with Crippen LogP contribution < -0.4 is 15.8 Å². The molecule has 6 heteroatoms. The summed E-state index contributed by atoms with van der Waals surface area (Å²) in [4.78, 5) is 21.7. The Kier molecular flexibility index (Phi) is 4.80. The standard InChI is InChI=1S/C11H14N2O4/c1-2-16-10(14)7-17-9-5-3-4-8(6-9)13-11(12)15/h3-6H,2,7H2,1H3,(H3,12,13,15). The fourth-order valence-electron chi connectivity index (χ4n) is 1.15. The van der Waals surface area contributed by atoms with Crippen LogP contribution in [0.2, 0.25) is 0 Å². The number of hydrogen-bond acceptors (Lipinski definition) is 4. The van der Waals surface area contributed by atoms with E-state index in [0.29, 0.717) is 18.0 Å². The lowest BCUT2D eigenvalue weighted by Crippen LogP contribution is -2.19. The molecular formula is C11H14N2O4. The number of hydrogen-bond donors (Lipinski definition) is 2. The zero-order chi connectivity index (χ0) is 12.7. The third-order valence-electron chi connectivity index (χ3n) is 1.76. The van der Waals surface area contributed by atoms with Crippen LogP contribution in [0.15, 0.2) is 24.3 Å². The van der Waals surface area contributed by atoms with Gasteiger partial charge in [0.05, 0.1) is 6.61 Å². The molecule has 0 spiro atoms. The number of benzene rings is 1. The number of primary amides is 1. The number of esters is 1. The summed E-state index contributed by atoms with van der Waals surface area (Å²) in [5, 5.41) is 2.40. The van der Waals surface area contributed by atoms with Crippen molar-refractivity contribution in [1.29, 1.82) is 0 Å². The molecule has 0 saturated heterocycles. The van der Waals surface area contributed by atoms with Gasteiger partial charge in [-0.15, -0.1) is 0 Å². The van der Waals surface area contributed by atoms with Crippen molar-refractivity contribution >= 4 is 17.7 Å². The highest BCUT2D eigenvalue weighted by atomic mass is 16.6. The maximum atomic E-state index is 11.0. The number of amides is 2. The molecular weight excluding hydrogens is 224 g/mol. The fourth-order valence-corrected chi connectivity index (χ4v) is 1.15. The Balaban J connectivity index is 2.53. The molecule has 0 aliphatic heterocycles. The monoisotopic (exact) mass is 238 g/mol. The van der Waals surface area contributed by atoms with Crippen LogP contribution in [0.3, 0.4) is 0 Å². The number of nitrogens with one attached hydrogen (secondary N) is 1. The Labute approximate surface area is 98.7 Å². The highest BCUT2D eigenvalue weighted by Crippen LogP contribution is 2.16. The topological polar surface area (TPSA) is 90.7 Å². The lowest BCUT2D eigenvalue weighted by molar-refractivity contribution is -0.145. The molecule has 0 aliphatic carbocycles. The second-order valence-electron chi connectivity index (χ2n) is 3.11. The first-order valence-corrected chi connectivity index (χ1v) is 5.06. The van der Waals surface area contributed by atoms with E-state index in [1.54, 1.807) is 31.2 Å². The molecule has 0 heterocycles. The van der Waals surface area contributed by atoms with E-state index in [1.165, 1.54) is 0 Å². The minimum Gasteiger partial charge on any atom is -0.482 e. The van der Waals surface area contributed by atoms with E-state index in [0.717, 1.165) is 0 Å². The van der Waals surface area contributed by atoms with Gasteiger partial charge in [-0.05, 0) is 19.1 Å². The van der Waals surface area contributed by atoms with Crippen LogP contribution in [-0.2, 0) is 9.53 Å². The molecule has 3 N–H and O–H groups in total. The van der Waals surface area contributed by atoms with Crippen LogP contribution in [-0.4, -0.2) is 25.2 Å². The highest BCUT2D eigenvalue weighted by molar-refractivity contribution is 5.87. The zero-order valence-corrected chi connectivity index (χ0v) is 9.43. The van der Waals surface area contributed by atoms with Gasteiger partial charge in [0.2, 0.25) is 0 Å². The molecule has 0 atom stereocenters. The molecule has 1 aromatic carbocycles. The van der Waals surface area contributed by atoms with E-state index in [4.69, 9.17) is 15.2 Å². The minimum atomic E-state index is -0.660. The van der Waals surface area contributed by atoms with Crippen molar-refractivity contribution in [3.8, 4) is 5.75 Å². The van der Waals surface area contributed by atoms with Gasteiger partial charge in [-0.1, -0.05) is 6.07 Å². The summed E-state index contributed by atoms with van der Waals surface area (Å²) in [5.74, 6) is 0.00469. The summed E-state index contributed by atoms with van der Waals surface area (Å²) in [5.41, 5.74) is 5.47. The first-order chi connectivity index (χ1) is 8.11. The Bertz CT molecular complexity index is 406. The molecule has 1 rings (SSSR count). The predicted molar refractivity (Wildman–Crippen MR) is 61.8 cm³/mol. The lowest BCUT2D eigenvalue weighted by Gasteiger charge is -2.07. The van der Waals surface area contributed by atoms with Crippen molar-refractivity contribution in [3.05, 3.63) is 24.3 Å². The molecule has 0 saturated carbocycles. The molecule has 0 bridgehead atoms. The second-order valence-corrected chi connectivity index (χ2v) is 3.11. The van der Waals surface area contributed by atoms with Crippen molar-refractivity contribution in [1.82, 2.24) is 0 Å². The van der Waals surface area contributed by atoms with E-state index < -0.39 is 12.0 Å². The van der Waals surface area contributed by atoms with E-state index in [1.807, 2.05) is 0 Å². The molecule has 0 aliphatic rings. The number of carbonyl (C=O) groups is 2. The summed E-state index contributed by atoms with van der Waals surface area (Å²) < 4.78 is 9.88. The lowest BCUT2D eigenvalue weighted by atomic mass is 10.3. The molecule has 0 unspecified atom stereocenters. The Morgan fingerprint density at radius 2 is 2.18 bits per heavy atom. The first-order valence-electron chi connectivity index (χ1n) is 5.06. The second kappa shape index (κ2) is 6.37. The van der Waals surface area contributed by atoms with Gasteiger partial charge in [-0.3, -0.25) is 0 Å². The van der Waals surface area contributed by atoms with Crippen LogP contribution in [0, 0.1) is 0 Å². The average Bonchev–Trinajstić information content (AvgIpc) is 2.26. The van der Waals surface area contributed by atoms with Crippen LogP contribution in [0.5, 0.6) is 5.75 Å². The number of anilines is 1. The molecule has 0 aromatic heterocycles. The van der Waals surface area contributed by atoms with Gasteiger partial charge in [-0.2, -0.15) is 0 Å². The normalized spacial score (nSPS) is 9.47. The van der Waals surface area contributed by atoms with Crippen LogP contribution >= 0.6 is 0 Å². The number of ether oxygens (including phenoxy) is 2. The zero-order valence-electron chi connectivity index (χ0n) is 9.43. The molecule has 1 aromatic rings. The van der Waals surface area contributed by atoms with Crippen LogP contribution in [0.1, 0.15) is 6.92 Å². The van der Waals surface area contributed by atoms with Gasteiger partial charge in [0.15, 0.2) is 6.61 Å². The van der Waals surface area contributed by atoms with Gasteiger partial charge in [0.25, 0.3) is 0 Å². The number of urea groups is 1. The molecule has 17 heavy (non-hydrogen) atoms. The van der Waals surface area contributed by atoms with E-state index in [-0.39, 0.29) is 6.61 Å². The van der Waals surface area contributed by atoms with Gasteiger partial charge >= 0.3 is 12.0 Å². The first kappa shape index (κ1) is 12.8. The van der Waals surface area contributed by atoms with E-state index >= 15 is 0 Å². The average molecular weight is 238 g/mol. The summed E-state index contributed by atoms with van der Waals surface area (Å²) >= 11 is 0. The predicted octanol–water partition coefficient (Wildman–Crippen LogP) is 1.12. The molecule has 6 nitrogen and oxygen atoms in total. The van der Waals surface area contributed by atoms with Crippen molar-refractivity contribution in [2.45, 2.75) is 6.92 Å². The smallest absolute Gasteiger partial charge is 0.344 e. The Morgan fingerprint density at radius 1 is 1.41 bits per heavy atom. The SMILES string of the molecule is CCOC(=O)COc1cccc(NC(N)=O)c1. The largest absolute Gasteiger partial charge is 0.482 e. The van der Waals surface area contributed by atoms with Gasteiger partial charge < -0.3 is 20.5 Å². The molecule has 0 fully saturated rings. The van der Waals surface area contributed by atoms with Crippen LogP contribution in [0.4, 0.5) is 10.5 Å². The van der Waals surface area contributed by atoms with E-state index in [2.05, 4.69) is 5.32 Å². The summed E-state index contributed by atoms with van der Waals surface area (Å²) in [6, 6.07) is 5.89. The molecule has 0 radical (unpaired) electrons. The van der Waals surface area contributed by atoms with Crippen LogP contribution in [0.25, 0.3) is 0 Å². The fraction of sp³-hybridized carbons (Fsp3) is 0.273. The third kappa shape index (κ3) is 4.87. The van der Waals surface area contributed by atoms with Crippen molar-refractivity contribution in [3.63, 3.8) is 0 Å². The Morgan fingerprint density at radius 3 is 2.82 bits per heavy atom. The maximum absolute atomic E-state index is 11.0. The Hall–Kier alpha value is -2.24. The number of carbonyl (C=O) groups excluding carboxylic acids is 2. The maximum Gasteiger partial charge on any atom is 0.344 e. The summed E-state index contributed by atoms with van der Waals surface area (Å²) in [6.07, 6.45) is 0. The van der Waals surface area contributed by atoms with Crippen molar-refractivity contribution in [2.24, 2.45) is 5.73 Å². The summed E-state index contributed by atoms with van der Waals surface area (Å²) in [6.45, 7) is 1.86. The van der Waals surface area contributed by atoms with Crippen molar-refractivity contribution < 1.29 is 19.1 Å². The van der Waals surface area contributed by atoms with E-state index in [9.17, 15) is 9.59 Å². The van der Waals surface area contributed by atoms with Gasteiger partial charge in [-0.25, -0.2) is 9.59 Å².